The second-order valence-electron chi connectivity index (χ2n) is 3.32. The second kappa shape index (κ2) is 5.48. The van der Waals surface area contributed by atoms with E-state index in [-0.39, 0.29) is 6.61 Å². The van der Waals surface area contributed by atoms with Gasteiger partial charge in [0.25, 0.3) is 0 Å². The van der Waals surface area contributed by atoms with Crippen LogP contribution in [0.1, 0.15) is 13.8 Å². The Bertz CT molecular complexity index is 302. The van der Waals surface area contributed by atoms with E-state index in [1.54, 1.807) is 0 Å². The van der Waals surface area contributed by atoms with Crippen LogP contribution in [0.5, 0.6) is 0 Å². The van der Waals surface area contributed by atoms with Gasteiger partial charge in [-0.15, -0.1) is 0 Å². The minimum atomic E-state index is -1.46. The van der Waals surface area contributed by atoms with E-state index < -0.39 is 30.3 Å². The third-order valence-electron chi connectivity index (χ3n) is 1.95. The van der Waals surface area contributed by atoms with E-state index in [4.69, 9.17) is 9.47 Å². The van der Waals surface area contributed by atoms with E-state index in [2.05, 4.69) is 4.74 Å². The van der Waals surface area contributed by atoms with Crippen LogP contribution in [0.2, 0.25) is 0 Å². The maximum Gasteiger partial charge on any atom is 0.303 e. The van der Waals surface area contributed by atoms with Crippen LogP contribution in [-0.2, 0) is 23.8 Å². The molecule has 0 amide bonds. The lowest BCUT2D eigenvalue weighted by atomic mass is 10.1. The van der Waals surface area contributed by atoms with Crippen molar-refractivity contribution in [3.05, 3.63) is 12.3 Å². The molecule has 0 saturated heterocycles. The van der Waals surface area contributed by atoms with Crippen molar-refractivity contribution in [2.75, 3.05) is 6.61 Å². The SMILES string of the molecule is CC(=O)OC[C@@H]1OC=CC(F)[C@@H]1OC(C)=O. The summed E-state index contributed by atoms with van der Waals surface area (Å²) in [5, 5.41) is 0. The van der Waals surface area contributed by atoms with Crippen molar-refractivity contribution >= 4 is 11.9 Å². The Morgan fingerprint density at radius 3 is 2.62 bits per heavy atom. The molecule has 16 heavy (non-hydrogen) atoms. The Balaban J connectivity index is 2.60. The summed E-state index contributed by atoms with van der Waals surface area (Å²) in [6.07, 6.45) is -1.05. The van der Waals surface area contributed by atoms with Gasteiger partial charge in [0.1, 0.15) is 6.61 Å². The number of hydrogen-bond donors (Lipinski definition) is 0. The molecule has 6 heteroatoms. The molecule has 90 valence electrons. The van der Waals surface area contributed by atoms with E-state index in [1.165, 1.54) is 20.1 Å². The summed E-state index contributed by atoms with van der Waals surface area (Å²) in [4.78, 5) is 21.4. The molecular weight excluding hydrogens is 219 g/mol. The zero-order valence-corrected chi connectivity index (χ0v) is 9.01. The molecule has 0 spiro atoms. The molecule has 0 aliphatic carbocycles. The van der Waals surface area contributed by atoms with Gasteiger partial charge in [0, 0.05) is 13.8 Å². The van der Waals surface area contributed by atoms with Crippen LogP contribution in [0.4, 0.5) is 4.39 Å². The molecule has 0 aromatic carbocycles. The van der Waals surface area contributed by atoms with Crippen molar-refractivity contribution in [1.82, 2.24) is 0 Å². The number of rotatable bonds is 3. The monoisotopic (exact) mass is 232 g/mol. The van der Waals surface area contributed by atoms with Gasteiger partial charge in [0.2, 0.25) is 0 Å². The molecule has 0 saturated carbocycles. The van der Waals surface area contributed by atoms with Gasteiger partial charge in [-0.1, -0.05) is 0 Å². The smallest absolute Gasteiger partial charge is 0.303 e. The van der Waals surface area contributed by atoms with Crippen molar-refractivity contribution in [1.29, 1.82) is 0 Å². The molecule has 0 radical (unpaired) electrons. The van der Waals surface area contributed by atoms with Gasteiger partial charge in [-0.2, -0.15) is 0 Å². The molecule has 1 aliphatic rings. The predicted octanol–water partition coefficient (Wildman–Crippen LogP) is 0.732. The molecule has 1 rings (SSSR count). The van der Waals surface area contributed by atoms with Crippen molar-refractivity contribution in [3.63, 3.8) is 0 Å². The number of carbonyl (C=O) groups excluding carboxylic acids is 2. The summed E-state index contributed by atoms with van der Waals surface area (Å²) in [7, 11) is 0. The standard InChI is InChI=1S/C10H13FO5/c1-6(12)15-5-9-10(16-7(2)13)8(11)3-4-14-9/h3-4,8-10H,5H2,1-2H3/t8?,9-,10-/m0/s1. The van der Waals surface area contributed by atoms with Crippen molar-refractivity contribution < 1.29 is 28.2 Å². The Kier molecular flexibility index (Phi) is 4.28. The fourth-order valence-corrected chi connectivity index (χ4v) is 1.28. The molecule has 5 nitrogen and oxygen atoms in total. The average molecular weight is 232 g/mol. The fraction of sp³-hybridized carbons (Fsp3) is 0.600. The van der Waals surface area contributed by atoms with E-state index in [9.17, 15) is 14.0 Å². The third-order valence-corrected chi connectivity index (χ3v) is 1.95. The Morgan fingerprint density at radius 2 is 2.06 bits per heavy atom. The summed E-state index contributed by atoms with van der Waals surface area (Å²) < 4.78 is 27.9. The van der Waals surface area contributed by atoms with Crippen LogP contribution in [-0.4, -0.2) is 36.9 Å². The predicted molar refractivity (Wildman–Crippen MR) is 51.1 cm³/mol. The Hall–Kier alpha value is -1.59. The van der Waals surface area contributed by atoms with Gasteiger partial charge < -0.3 is 14.2 Å². The molecule has 1 unspecified atom stereocenters. The minimum Gasteiger partial charge on any atom is -0.491 e. The maximum atomic E-state index is 13.4. The topological polar surface area (TPSA) is 61.8 Å². The Morgan fingerprint density at radius 1 is 1.38 bits per heavy atom. The van der Waals surface area contributed by atoms with Crippen LogP contribution < -0.4 is 0 Å². The van der Waals surface area contributed by atoms with E-state index in [0.29, 0.717) is 0 Å². The molecule has 1 aliphatic heterocycles. The molecule has 0 fully saturated rings. The highest BCUT2D eigenvalue weighted by Gasteiger charge is 2.35. The third kappa shape index (κ3) is 3.52. The number of ether oxygens (including phenoxy) is 3. The normalized spacial score (nSPS) is 28.1. The largest absolute Gasteiger partial charge is 0.491 e. The first-order valence-corrected chi connectivity index (χ1v) is 4.77. The fourth-order valence-electron chi connectivity index (χ4n) is 1.28. The van der Waals surface area contributed by atoms with Crippen molar-refractivity contribution in [2.45, 2.75) is 32.2 Å². The van der Waals surface area contributed by atoms with Crippen LogP contribution >= 0.6 is 0 Å². The summed E-state index contributed by atoms with van der Waals surface area (Å²) in [5.74, 6) is -1.12. The molecule has 0 aromatic heterocycles. The molecule has 0 aromatic rings. The summed E-state index contributed by atoms with van der Waals surface area (Å²) in [5.41, 5.74) is 0. The lowest BCUT2D eigenvalue weighted by Gasteiger charge is -2.29. The quantitative estimate of drug-likeness (QED) is 0.671. The number of halogens is 1. The van der Waals surface area contributed by atoms with Gasteiger partial charge in [-0.25, -0.2) is 4.39 Å². The number of alkyl halides is 1. The summed E-state index contributed by atoms with van der Waals surface area (Å²) >= 11 is 0. The van der Waals surface area contributed by atoms with Crippen LogP contribution in [0.15, 0.2) is 12.3 Å². The van der Waals surface area contributed by atoms with Crippen LogP contribution in [0, 0.1) is 0 Å². The van der Waals surface area contributed by atoms with E-state index >= 15 is 0 Å². The number of esters is 2. The lowest BCUT2D eigenvalue weighted by Crippen LogP contribution is -2.44. The summed E-state index contributed by atoms with van der Waals surface area (Å²) in [6, 6.07) is 0. The average Bonchev–Trinajstić information content (AvgIpc) is 2.18. The number of carbonyl (C=O) groups is 2. The molecule has 1 heterocycles. The highest BCUT2D eigenvalue weighted by Crippen LogP contribution is 2.19. The highest BCUT2D eigenvalue weighted by atomic mass is 19.1. The first-order chi connectivity index (χ1) is 7.50. The first kappa shape index (κ1) is 12.5. The van der Waals surface area contributed by atoms with Gasteiger partial charge >= 0.3 is 11.9 Å². The molecular formula is C10H13FO5. The second-order valence-corrected chi connectivity index (χ2v) is 3.32. The summed E-state index contributed by atoms with van der Waals surface area (Å²) in [6.45, 7) is 2.25. The zero-order valence-electron chi connectivity index (χ0n) is 9.01. The molecule has 0 N–H and O–H groups in total. The van der Waals surface area contributed by atoms with Gasteiger partial charge in [0.15, 0.2) is 18.4 Å². The maximum absolute atomic E-state index is 13.4. The van der Waals surface area contributed by atoms with Crippen molar-refractivity contribution in [3.8, 4) is 0 Å². The Labute approximate surface area is 92.2 Å². The highest BCUT2D eigenvalue weighted by molar-refractivity contribution is 5.66. The van der Waals surface area contributed by atoms with Crippen molar-refractivity contribution in [2.24, 2.45) is 0 Å². The zero-order chi connectivity index (χ0) is 12.1. The van der Waals surface area contributed by atoms with E-state index in [1.807, 2.05) is 0 Å². The molecule has 0 bridgehead atoms. The van der Waals surface area contributed by atoms with Crippen LogP contribution in [0.3, 0.4) is 0 Å². The number of hydrogen-bond acceptors (Lipinski definition) is 5. The lowest BCUT2D eigenvalue weighted by molar-refractivity contribution is -0.165. The van der Waals surface area contributed by atoms with E-state index in [0.717, 1.165) is 6.08 Å². The van der Waals surface area contributed by atoms with Gasteiger partial charge in [0.05, 0.1) is 6.26 Å². The molecule has 3 atom stereocenters. The first-order valence-electron chi connectivity index (χ1n) is 4.77. The van der Waals surface area contributed by atoms with Gasteiger partial charge in [-0.3, -0.25) is 9.59 Å². The minimum absolute atomic E-state index is 0.155. The van der Waals surface area contributed by atoms with Gasteiger partial charge in [-0.05, 0) is 6.08 Å². The van der Waals surface area contributed by atoms with Crippen LogP contribution in [0.25, 0.3) is 0 Å².